The van der Waals surface area contributed by atoms with Gasteiger partial charge in [0.05, 0.1) is 0 Å². The van der Waals surface area contributed by atoms with Crippen molar-refractivity contribution in [2.24, 2.45) is 5.41 Å². The molecule has 0 aromatic carbocycles. The highest BCUT2D eigenvalue weighted by atomic mass is 14.9. The van der Waals surface area contributed by atoms with Gasteiger partial charge >= 0.3 is 0 Å². The summed E-state index contributed by atoms with van der Waals surface area (Å²) >= 11 is 0. The van der Waals surface area contributed by atoms with Gasteiger partial charge in [-0.3, -0.25) is 0 Å². The molecule has 0 radical (unpaired) electrons. The van der Waals surface area contributed by atoms with Gasteiger partial charge in [-0.25, -0.2) is 0 Å². The Morgan fingerprint density at radius 2 is 2.15 bits per heavy atom. The van der Waals surface area contributed by atoms with E-state index in [1.807, 2.05) is 0 Å². The predicted octanol–water partition coefficient (Wildman–Crippen LogP) is 3.12. The Morgan fingerprint density at radius 1 is 1.38 bits per heavy atom. The molecule has 0 saturated heterocycles. The maximum Gasteiger partial charge on any atom is 0.0250 e. The molecule has 1 aliphatic carbocycles. The Labute approximate surface area is 82.6 Å². The Bertz CT molecular complexity index is 164. The molecule has 1 unspecified atom stereocenters. The van der Waals surface area contributed by atoms with E-state index in [0.717, 1.165) is 6.54 Å². The highest BCUT2D eigenvalue weighted by Crippen LogP contribution is 2.17. The van der Waals surface area contributed by atoms with E-state index in [4.69, 9.17) is 0 Å². The standard InChI is InChI=1S/C12H23N/c1-12(2,3)9-10-13-11-7-5-4-6-8-11/h5,7,11,13H,4,6,8-10H2,1-3H3. The summed E-state index contributed by atoms with van der Waals surface area (Å²) in [5.74, 6) is 0. The van der Waals surface area contributed by atoms with Crippen molar-refractivity contribution >= 4 is 0 Å². The fourth-order valence-electron chi connectivity index (χ4n) is 1.61. The summed E-state index contributed by atoms with van der Waals surface area (Å²) in [6.45, 7) is 8.04. The van der Waals surface area contributed by atoms with E-state index in [1.165, 1.54) is 25.7 Å². The molecule has 0 bridgehead atoms. The molecule has 0 fully saturated rings. The van der Waals surface area contributed by atoms with Crippen LogP contribution in [-0.4, -0.2) is 12.6 Å². The third-order valence-corrected chi connectivity index (χ3v) is 2.54. The SMILES string of the molecule is CC(C)(C)CCNC1C=CCCC1. The quantitative estimate of drug-likeness (QED) is 0.660. The third kappa shape index (κ3) is 5.09. The van der Waals surface area contributed by atoms with Gasteiger partial charge in [0, 0.05) is 6.04 Å². The van der Waals surface area contributed by atoms with Crippen LogP contribution < -0.4 is 5.32 Å². The second-order valence-electron chi connectivity index (χ2n) is 5.23. The maximum absolute atomic E-state index is 3.59. The smallest absolute Gasteiger partial charge is 0.0250 e. The molecule has 76 valence electrons. The number of nitrogens with one attached hydrogen (secondary N) is 1. The molecular weight excluding hydrogens is 158 g/mol. The molecule has 0 heterocycles. The van der Waals surface area contributed by atoms with Crippen molar-refractivity contribution in [3.05, 3.63) is 12.2 Å². The van der Waals surface area contributed by atoms with Crippen molar-refractivity contribution in [1.29, 1.82) is 0 Å². The predicted molar refractivity (Wildman–Crippen MR) is 58.9 cm³/mol. The summed E-state index contributed by atoms with van der Waals surface area (Å²) in [5.41, 5.74) is 0.464. The zero-order valence-corrected chi connectivity index (χ0v) is 9.27. The minimum atomic E-state index is 0.464. The third-order valence-electron chi connectivity index (χ3n) is 2.54. The molecular formula is C12H23N. The highest BCUT2D eigenvalue weighted by molar-refractivity contribution is 4.97. The minimum absolute atomic E-state index is 0.464. The van der Waals surface area contributed by atoms with Gasteiger partial charge in [-0.15, -0.1) is 0 Å². The van der Waals surface area contributed by atoms with Crippen LogP contribution in [0.4, 0.5) is 0 Å². The summed E-state index contributed by atoms with van der Waals surface area (Å²) in [6.07, 6.45) is 9.84. The van der Waals surface area contributed by atoms with Gasteiger partial charge in [0.2, 0.25) is 0 Å². The van der Waals surface area contributed by atoms with Gasteiger partial charge in [0.15, 0.2) is 0 Å². The van der Waals surface area contributed by atoms with E-state index in [9.17, 15) is 0 Å². The van der Waals surface area contributed by atoms with Crippen LogP contribution in [0.2, 0.25) is 0 Å². The van der Waals surface area contributed by atoms with Gasteiger partial charge in [0.1, 0.15) is 0 Å². The fraction of sp³-hybridized carbons (Fsp3) is 0.833. The summed E-state index contributed by atoms with van der Waals surface area (Å²) in [6, 6.07) is 0.649. The lowest BCUT2D eigenvalue weighted by Crippen LogP contribution is -2.31. The molecule has 0 spiro atoms. The van der Waals surface area contributed by atoms with Crippen molar-refractivity contribution in [2.75, 3.05) is 6.54 Å². The van der Waals surface area contributed by atoms with Gasteiger partial charge in [-0.1, -0.05) is 32.9 Å². The largest absolute Gasteiger partial charge is 0.311 e. The van der Waals surface area contributed by atoms with Gasteiger partial charge in [0.25, 0.3) is 0 Å². The lowest BCUT2D eigenvalue weighted by Gasteiger charge is -2.22. The van der Waals surface area contributed by atoms with Crippen molar-refractivity contribution in [3.8, 4) is 0 Å². The second-order valence-corrected chi connectivity index (χ2v) is 5.23. The zero-order valence-electron chi connectivity index (χ0n) is 9.27. The van der Waals surface area contributed by atoms with E-state index in [-0.39, 0.29) is 0 Å². The topological polar surface area (TPSA) is 12.0 Å². The Balaban J connectivity index is 2.12. The number of hydrogen-bond acceptors (Lipinski definition) is 1. The lowest BCUT2D eigenvalue weighted by molar-refractivity contribution is 0.356. The van der Waals surface area contributed by atoms with Crippen molar-refractivity contribution < 1.29 is 0 Å². The van der Waals surface area contributed by atoms with Crippen molar-refractivity contribution in [3.63, 3.8) is 0 Å². The van der Waals surface area contributed by atoms with Crippen molar-refractivity contribution in [1.82, 2.24) is 5.32 Å². The molecule has 0 aliphatic heterocycles. The molecule has 1 aliphatic rings. The van der Waals surface area contributed by atoms with Gasteiger partial charge in [-0.05, 0) is 37.6 Å². The first-order valence-corrected chi connectivity index (χ1v) is 5.48. The van der Waals surface area contributed by atoms with Crippen LogP contribution in [0.15, 0.2) is 12.2 Å². The molecule has 1 nitrogen and oxygen atoms in total. The lowest BCUT2D eigenvalue weighted by atomic mass is 9.92. The fourth-order valence-corrected chi connectivity index (χ4v) is 1.61. The Hall–Kier alpha value is -0.300. The normalized spacial score (nSPS) is 23.5. The highest BCUT2D eigenvalue weighted by Gasteiger charge is 2.11. The van der Waals surface area contributed by atoms with Crippen LogP contribution in [-0.2, 0) is 0 Å². The minimum Gasteiger partial charge on any atom is -0.311 e. The molecule has 1 atom stereocenters. The summed E-state index contributed by atoms with van der Waals surface area (Å²) in [4.78, 5) is 0. The van der Waals surface area contributed by atoms with E-state index < -0.39 is 0 Å². The van der Waals surface area contributed by atoms with Crippen LogP contribution in [0.1, 0.15) is 46.5 Å². The average Bonchev–Trinajstić information content (AvgIpc) is 2.04. The van der Waals surface area contributed by atoms with Gasteiger partial charge in [-0.2, -0.15) is 0 Å². The molecule has 0 aromatic rings. The van der Waals surface area contributed by atoms with Gasteiger partial charge < -0.3 is 5.32 Å². The molecule has 1 heteroatoms. The van der Waals surface area contributed by atoms with Crippen LogP contribution in [0.3, 0.4) is 0 Å². The molecule has 1 N–H and O–H groups in total. The summed E-state index contributed by atoms with van der Waals surface area (Å²) < 4.78 is 0. The van der Waals surface area contributed by atoms with E-state index in [0.29, 0.717) is 11.5 Å². The Morgan fingerprint density at radius 3 is 2.69 bits per heavy atom. The summed E-state index contributed by atoms with van der Waals surface area (Å²) in [5, 5.41) is 3.59. The van der Waals surface area contributed by atoms with E-state index >= 15 is 0 Å². The van der Waals surface area contributed by atoms with E-state index in [1.54, 1.807) is 0 Å². The zero-order chi connectivity index (χ0) is 9.73. The van der Waals surface area contributed by atoms with Crippen molar-refractivity contribution in [2.45, 2.75) is 52.5 Å². The number of rotatable bonds is 3. The van der Waals surface area contributed by atoms with Crippen LogP contribution in [0.25, 0.3) is 0 Å². The molecule has 13 heavy (non-hydrogen) atoms. The number of allylic oxidation sites excluding steroid dienone is 1. The van der Waals surface area contributed by atoms with Crippen LogP contribution in [0, 0.1) is 5.41 Å². The first-order chi connectivity index (χ1) is 6.08. The Kier molecular flexibility index (Phi) is 3.98. The molecule has 1 rings (SSSR count). The first kappa shape index (κ1) is 10.8. The number of hydrogen-bond donors (Lipinski definition) is 1. The molecule has 0 aromatic heterocycles. The molecule has 0 saturated carbocycles. The van der Waals surface area contributed by atoms with E-state index in [2.05, 4.69) is 38.2 Å². The van der Waals surface area contributed by atoms with Crippen LogP contribution >= 0.6 is 0 Å². The second kappa shape index (κ2) is 4.80. The first-order valence-electron chi connectivity index (χ1n) is 5.48. The average molecular weight is 181 g/mol. The monoisotopic (exact) mass is 181 g/mol. The molecule has 0 amide bonds. The summed E-state index contributed by atoms with van der Waals surface area (Å²) in [7, 11) is 0. The van der Waals surface area contributed by atoms with Crippen LogP contribution in [0.5, 0.6) is 0 Å². The maximum atomic E-state index is 3.59.